The third-order valence-corrected chi connectivity index (χ3v) is 2.39. The highest BCUT2D eigenvalue weighted by Crippen LogP contribution is 2.26. The quantitative estimate of drug-likeness (QED) is 0.802. The van der Waals surface area contributed by atoms with Crippen molar-refractivity contribution in [3.8, 4) is 0 Å². The average molecular weight is 244 g/mol. The number of para-hydroxylation sites is 1. The van der Waals surface area contributed by atoms with Gasteiger partial charge in [0.15, 0.2) is 0 Å². The minimum atomic E-state index is -0.674. The van der Waals surface area contributed by atoms with Crippen molar-refractivity contribution >= 4 is 17.5 Å². The third-order valence-electron chi connectivity index (χ3n) is 2.39. The first-order valence-corrected chi connectivity index (χ1v) is 5.29. The molecule has 0 aliphatic rings. The fraction of sp³-hybridized carbons (Fsp3) is 0. The van der Waals surface area contributed by atoms with Gasteiger partial charge in [0, 0.05) is 0 Å². The highest BCUT2D eigenvalue weighted by atomic mass is 19.1. The number of carbonyl (C=O) groups excluding carboxylic acids is 1. The van der Waals surface area contributed by atoms with E-state index < -0.39 is 11.9 Å². The summed E-state index contributed by atoms with van der Waals surface area (Å²) >= 11 is 0. The van der Waals surface area contributed by atoms with Gasteiger partial charge in [0.2, 0.25) is 0 Å². The number of rotatable bonds is 2. The van der Waals surface area contributed by atoms with Crippen LogP contribution in [0.15, 0.2) is 54.6 Å². The van der Waals surface area contributed by atoms with E-state index in [1.807, 2.05) is 6.07 Å². The van der Waals surface area contributed by atoms with Crippen molar-refractivity contribution in [3.63, 3.8) is 0 Å². The summed E-state index contributed by atoms with van der Waals surface area (Å²) in [4.78, 5) is 13.0. The van der Waals surface area contributed by atoms with E-state index in [1.54, 1.807) is 30.3 Å². The molecule has 2 aromatic carbocycles. The number of hydrogen-bond donors (Lipinski definition) is 0. The van der Waals surface area contributed by atoms with Gasteiger partial charge in [-0.1, -0.05) is 24.3 Å². The second-order valence-corrected chi connectivity index (χ2v) is 3.56. The van der Waals surface area contributed by atoms with E-state index in [9.17, 15) is 9.18 Å². The van der Waals surface area contributed by atoms with Crippen LogP contribution in [0.3, 0.4) is 0 Å². The monoisotopic (exact) mass is 244 g/mol. The molecule has 2 aromatic rings. The molecule has 0 saturated carbocycles. The van der Waals surface area contributed by atoms with Gasteiger partial charge in [-0.25, -0.2) is 14.1 Å². The van der Waals surface area contributed by atoms with E-state index in [0.717, 1.165) is 0 Å². The van der Waals surface area contributed by atoms with Gasteiger partial charge in [-0.2, -0.15) is 0 Å². The van der Waals surface area contributed by atoms with Crippen LogP contribution in [0.5, 0.6) is 0 Å². The first-order chi connectivity index (χ1) is 8.72. The minimum absolute atomic E-state index is 0.384. The predicted octanol–water partition coefficient (Wildman–Crippen LogP) is 3.89. The molecule has 0 fully saturated rings. The largest absolute Gasteiger partial charge is 0.445 e. The van der Waals surface area contributed by atoms with E-state index >= 15 is 0 Å². The Kier molecular flexibility index (Phi) is 3.57. The van der Waals surface area contributed by atoms with Gasteiger partial charge in [-0.15, -0.1) is 0 Å². The second kappa shape index (κ2) is 5.31. The highest BCUT2D eigenvalue weighted by molar-refractivity contribution is 5.95. The van der Waals surface area contributed by atoms with Crippen LogP contribution in [0.1, 0.15) is 0 Å². The van der Waals surface area contributed by atoms with E-state index in [-0.39, 0.29) is 0 Å². The van der Waals surface area contributed by atoms with Crippen molar-refractivity contribution < 1.29 is 13.9 Å². The molecule has 91 valence electrons. The van der Waals surface area contributed by atoms with Gasteiger partial charge in [-0.05, 0) is 30.3 Å². The molecule has 0 N–H and O–H groups in total. The van der Waals surface area contributed by atoms with Crippen LogP contribution in [0.25, 0.3) is 0 Å². The van der Waals surface area contributed by atoms with Crippen LogP contribution < -0.4 is 4.90 Å². The Morgan fingerprint density at radius 2 is 1.72 bits per heavy atom. The number of ether oxygens (including phenoxy) is 1. The molecule has 0 atom stereocenters. The van der Waals surface area contributed by atoms with Crippen LogP contribution in [-0.2, 0) is 4.74 Å². The van der Waals surface area contributed by atoms with Gasteiger partial charge >= 0.3 is 6.09 Å². The molecule has 3 nitrogen and oxygen atoms in total. The topological polar surface area (TPSA) is 29.5 Å². The van der Waals surface area contributed by atoms with Crippen molar-refractivity contribution in [2.24, 2.45) is 0 Å². The second-order valence-electron chi connectivity index (χ2n) is 3.56. The molecule has 0 aliphatic carbocycles. The maximum atomic E-state index is 13.2. The summed E-state index contributed by atoms with van der Waals surface area (Å²) in [6, 6.07) is 14.5. The van der Waals surface area contributed by atoms with Crippen molar-refractivity contribution in [1.82, 2.24) is 0 Å². The molecule has 0 spiro atoms. The summed E-state index contributed by atoms with van der Waals surface area (Å²) in [6.07, 6.45) is -0.674. The molecule has 0 unspecified atom stereocenters. The predicted molar refractivity (Wildman–Crippen MR) is 66.8 cm³/mol. The van der Waals surface area contributed by atoms with E-state index in [4.69, 9.17) is 0 Å². The Balaban J connectivity index is 2.47. The summed E-state index contributed by atoms with van der Waals surface area (Å²) in [7, 11) is 3.09. The summed E-state index contributed by atoms with van der Waals surface area (Å²) in [5.41, 5.74) is 0.964. The molecule has 0 aliphatic heterocycles. The fourth-order valence-electron chi connectivity index (χ4n) is 1.62. The Labute approximate surface area is 104 Å². The summed E-state index contributed by atoms with van der Waals surface area (Å²) in [5.74, 6) is -0.426. The zero-order valence-electron chi connectivity index (χ0n) is 9.54. The van der Waals surface area contributed by atoms with Crippen LogP contribution >= 0.6 is 0 Å². The van der Waals surface area contributed by atoms with Crippen molar-refractivity contribution in [3.05, 3.63) is 67.5 Å². The average Bonchev–Trinajstić information content (AvgIpc) is 2.40. The summed E-state index contributed by atoms with van der Waals surface area (Å²) < 4.78 is 17.7. The normalized spacial score (nSPS) is 9.89. The Bertz CT molecular complexity index is 543. The number of anilines is 2. The number of benzene rings is 2. The number of amides is 1. The van der Waals surface area contributed by atoms with Crippen LogP contribution in [0, 0.1) is 12.9 Å². The van der Waals surface area contributed by atoms with Gasteiger partial charge in [-0.3, -0.25) is 0 Å². The smallest absolute Gasteiger partial charge is 0.419 e. The van der Waals surface area contributed by atoms with Crippen molar-refractivity contribution in [1.29, 1.82) is 0 Å². The molecule has 18 heavy (non-hydrogen) atoms. The maximum Gasteiger partial charge on any atom is 0.419 e. The SMILES string of the molecule is [CH2]OC(=O)N(c1ccccc1)c1cccc(F)c1. The molecular formula is C14H11FNO2. The van der Waals surface area contributed by atoms with Crippen molar-refractivity contribution in [2.75, 3.05) is 4.90 Å². The van der Waals surface area contributed by atoms with Crippen molar-refractivity contribution in [2.45, 2.75) is 0 Å². The number of hydrogen-bond acceptors (Lipinski definition) is 2. The molecule has 1 amide bonds. The number of carbonyl (C=O) groups is 1. The first-order valence-electron chi connectivity index (χ1n) is 5.29. The molecule has 0 aromatic heterocycles. The van der Waals surface area contributed by atoms with Crippen LogP contribution in [-0.4, -0.2) is 6.09 Å². The lowest BCUT2D eigenvalue weighted by Crippen LogP contribution is -2.25. The lowest BCUT2D eigenvalue weighted by Gasteiger charge is -2.21. The lowest BCUT2D eigenvalue weighted by atomic mass is 10.2. The highest BCUT2D eigenvalue weighted by Gasteiger charge is 2.18. The Morgan fingerprint density at radius 1 is 1.06 bits per heavy atom. The van der Waals surface area contributed by atoms with E-state index in [1.165, 1.54) is 23.1 Å². The maximum absolute atomic E-state index is 13.2. The van der Waals surface area contributed by atoms with Gasteiger partial charge in [0.25, 0.3) is 0 Å². The van der Waals surface area contributed by atoms with E-state index in [0.29, 0.717) is 11.4 Å². The van der Waals surface area contributed by atoms with E-state index in [2.05, 4.69) is 11.8 Å². The summed E-state index contributed by atoms with van der Waals surface area (Å²) in [6.45, 7) is 0. The Morgan fingerprint density at radius 3 is 2.33 bits per heavy atom. The standard InChI is InChI=1S/C14H11FNO2/c1-18-14(17)16(12-7-3-2-4-8-12)13-9-5-6-11(15)10-13/h2-10H,1H2. The zero-order valence-corrected chi connectivity index (χ0v) is 9.54. The third kappa shape index (κ3) is 2.48. The molecular weight excluding hydrogens is 233 g/mol. The molecule has 0 heterocycles. The van der Waals surface area contributed by atoms with Gasteiger partial charge in [0.1, 0.15) is 12.9 Å². The summed E-state index contributed by atoms with van der Waals surface area (Å²) in [5, 5.41) is 0. The minimum Gasteiger partial charge on any atom is -0.445 e. The Hall–Kier alpha value is -2.36. The van der Waals surface area contributed by atoms with Gasteiger partial charge < -0.3 is 4.74 Å². The number of halogens is 1. The molecule has 1 radical (unpaired) electrons. The molecule has 4 heteroatoms. The van der Waals surface area contributed by atoms with Crippen LogP contribution in [0.2, 0.25) is 0 Å². The molecule has 2 rings (SSSR count). The van der Waals surface area contributed by atoms with Crippen LogP contribution in [0.4, 0.5) is 20.6 Å². The zero-order chi connectivity index (χ0) is 13.0. The van der Waals surface area contributed by atoms with Gasteiger partial charge in [0.05, 0.1) is 11.4 Å². The molecule has 0 saturated heterocycles. The molecule has 0 bridgehead atoms. The fourth-order valence-corrected chi connectivity index (χ4v) is 1.62. The first kappa shape index (κ1) is 12.1. The lowest BCUT2D eigenvalue weighted by molar-refractivity contribution is 0.194. The number of nitrogens with zero attached hydrogens (tertiary/aromatic N) is 1.